The van der Waals surface area contributed by atoms with Crippen molar-refractivity contribution < 1.29 is 4.79 Å². The van der Waals surface area contributed by atoms with Gasteiger partial charge in [-0.1, -0.05) is 46.5 Å². The molecule has 84 valence electrons. The van der Waals surface area contributed by atoms with Crippen molar-refractivity contribution >= 4 is 5.91 Å². The van der Waals surface area contributed by atoms with E-state index in [4.69, 9.17) is 5.73 Å². The Bertz CT molecular complexity index is 157. The summed E-state index contributed by atoms with van der Waals surface area (Å²) in [6.07, 6.45) is 5.61. The summed E-state index contributed by atoms with van der Waals surface area (Å²) in [4.78, 5) is 11.1. The predicted octanol–water partition coefficient (Wildman–Crippen LogP) is 1.81. The lowest BCUT2D eigenvalue weighted by Crippen LogP contribution is -2.44. The van der Waals surface area contributed by atoms with Crippen molar-refractivity contribution in [2.75, 3.05) is 0 Å². The van der Waals surface area contributed by atoms with Gasteiger partial charge in [-0.15, -0.1) is 0 Å². The number of carbonyl (C=O) groups excluding carboxylic acids is 1. The van der Waals surface area contributed by atoms with Gasteiger partial charge < -0.3 is 11.1 Å². The van der Waals surface area contributed by atoms with Crippen LogP contribution in [-0.4, -0.2) is 18.0 Å². The summed E-state index contributed by atoms with van der Waals surface area (Å²) in [5.74, 6) is -0.227. The predicted molar refractivity (Wildman–Crippen MR) is 60.0 cm³/mol. The van der Waals surface area contributed by atoms with Gasteiger partial charge in [0.1, 0.15) is 0 Å². The van der Waals surface area contributed by atoms with E-state index >= 15 is 0 Å². The van der Waals surface area contributed by atoms with E-state index in [-0.39, 0.29) is 11.9 Å². The number of rotatable bonds is 8. The number of primary amides is 1. The molecule has 14 heavy (non-hydrogen) atoms. The molecular formula is C11H24N2O. The van der Waals surface area contributed by atoms with Gasteiger partial charge in [0.25, 0.3) is 0 Å². The average Bonchev–Trinajstić information content (AvgIpc) is 2.09. The third-order valence-corrected chi connectivity index (χ3v) is 2.22. The van der Waals surface area contributed by atoms with Gasteiger partial charge in [-0.3, -0.25) is 4.79 Å². The lowest BCUT2D eigenvalue weighted by molar-refractivity contribution is -0.120. The molecule has 3 nitrogen and oxygen atoms in total. The van der Waals surface area contributed by atoms with Crippen LogP contribution in [0.1, 0.15) is 52.9 Å². The van der Waals surface area contributed by atoms with Gasteiger partial charge in [-0.2, -0.15) is 0 Å². The molecule has 0 fully saturated rings. The number of hydrogen-bond donors (Lipinski definition) is 2. The van der Waals surface area contributed by atoms with E-state index in [9.17, 15) is 4.79 Å². The van der Waals surface area contributed by atoms with E-state index in [0.29, 0.717) is 6.04 Å². The minimum atomic E-state index is -0.227. The summed E-state index contributed by atoms with van der Waals surface area (Å²) in [5.41, 5.74) is 5.30. The van der Waals surface area contributed by atoms with Crippen molar-refractivity contribution in [1.82, 2.24) is 5.32 Å². The highest BCUT2D eigenvalue weighted by Crippen LogP contribution is 2.05. The third-order valence-electron chi connectivity index (χ3n) is 2.22. The molecule has 0 rings (SSSR count). The van der Waals surface area contributed by atoms with E-state index in [1.54, 1.807) is 0 Å². The molecule has 0 saturated carbocycles. The zero-order valence-electron chi connectivity index (χ0n) is 9.68. The quantitative estimate of drug-likeness (QED) is 0.587. The molecule has 0 saturated heterocycles. The highest BCUT2D eigenvalue weighted by molar-refractivity contribution is 5.79. The number of hydrogen-bond acceptors (Lipinski definition) is 2. The molecule has 0 aromatic rings. The second-order valence-electron chi connectivity index (χ2n) is 4.13. The first kappa shape index (κ1) is 13.4. The molecule has 0 heterocycles. The fourth-order valence-electron chi connectivity index (χ4n) is 1.49. The maximum absolute atomic E-state index is 11.1. The Morgan fingerprint density at radius 3 is 2.36 bits per heavy atom. The van der Waals surface area contributed by atoms with Crippen molar-refractivity contribution in [3.05, 3.63) is 0 Å². The molecule has 1 amide bonds. The highest BCUT2D eigenvalue weighted by atomic mass is 16.1. The summed E-state index contributed by atoms with van der Waals surface area (Å²) < 4.78 is 0. The molecule has 0 aliphatic carbocycles. The Morgan fingerprint density at radius 1 is 1.29 bits per heavy atom. The van der Waals surface area contributed by atoms with Crippen molar-refractivity contribution in [1.29, 1.82) is 0 Å². The highest BCUT2D eigenvalue weighted by Gasteiger charge is 2.14. The van der Waals surface area contributed by atoms with Crippen molar-refractivity contribution in [3.8, 4) is 0 Å². The standard InChI is InChI=1S/C11H24N2O/c1-4-5-6-7-8-10(11(12)14)13-9(2)3/h9-10,13H,4-8H2,1-3H3,(H2,12,14). The Morgan fingerprint density at radius 2 is 1.93 bits per heavy atom. The molecule has 0 bridgehead atoms. The van der Waals surface area contributed by atoms with Crippen LogP contribution in [-0.2, 0) is 4.79 Å². The SMILES string of the molecule is CCCCCCC(NC(C)C)C(N)=O. The van der Waals surface area contributed by atoms with Crippen LogP contribution in [0.5, 0.6) is 0 Å². The third kappa shape index (κ3) is 6.89. The summed E-state index contributed by atoms with van der Waals surface area (Å²) in [5, 5.41) is 3.18. The molecule has 0 spiro atoms. The van der Waals surface area contributed by atoms with E-state index < -0.39 is 0 Å². The second-order valence-corrected chi connectivity index (χ2v) is 4.13. The molecule has 0 aromatic heterocycles. The van der Waals surface area contributed by atoms with Crippen LogP contribution in [0.15, 0.2) is 0 Å². The van der Waals surface area contributed by atoms with Crippen molar-refractivity contribution in [2.45, 2.75) is 65.0 Å². The average molecular weight is 200 g/mol. The fourth-order valence-corrected chi connectivity index (χ4v) is 1.49. The molecule has 1 unspecified atom stereocenters. The zero-order chi connectivity index (χ0) is 11.0. The molecule has 3 heteroatoms. The van der Waals surface area contributed by atoms with E-state index in [1.165, 1.54) is 19.3 Å². The lowest BCUT2D eigenvalue weighted by atomic mass is 10.1. The van der Waals surface area contributed by atoms with Gasteiger partial charge in [0.15, 0.2) is 0 Å². The van der Waals surface area contributed by atoms with Gasteiger partial charge in [-0.05, 0) is 6.42 Å². The topological polar surface area (TPSA) is 55.1 Å². The van der Waals surface area contributed by atoms with Gasteiger partial charge in [0.05, 0.1) is 6.04 Å². The fraction of sp³-hybridized carbons (Fsp3) is 0.909. The van der Waals surface area contributed by atoms with Gasteiger partial charge >= 0.3 is 0 Å². The Kier molecular flexibility index (Phi) is 7.48. The maximum atomic E-state index is 11.1. The van der Waals surface area contributed by atoms with Crippen LogP contribution in [0, 0.1) is 0 Å². The first-order valence-corrected chi connectivity index (χ1v) is 5.63. The molecule has 0 aliphatic rings. The Balaban J connectivity index is 3.68. The minimum absolute atomic E-state index is 0.146. The Hall–Kier alpha value is -0.570. The first-order chi connectivity index (χ1) is 6.57. The van der Waals surface area contributed by atoms with Crippen LogP contribution in [0.2, 0.25) is 0 Å². The van der Waals surface area contributed by atoms with Crippen LogP contribution in [0.4, 0.5) is 0 Å². The van der Waals surface area contributed by atoms with Crippen LogP contribution in [0.3, 0.4) is 0 Å². The van der Waals surface area contributed by atoms with Crippen molar-refractivity contribution in [2.24, 2.45) is 5.73 Å². The normalized spacial score (nSPS) is 13.1. The summed E-state index contributed by atoms with van der Waals surface area (Å²) in [7, 11) is 0. The smallest absolute Gasteiger partial charge is 0.234 e. The number of amides is 1. The molecule has 0 radical (unpaired) electrons. The van der Waals surface area contributed by atoms with Crippen LogP contribution in [0.25, 0.3) is 0 Å². The molecule has 3 N–H and O–H groups in total. The van der Waals surface area contributed by atoms with E-state index in [0.717, 1.165) is 12.8 Å². The monoisotopic (exact) mass is 200 g/mol. The molecule has 1 atom stereocenters. The Labute approximate surface area is 87.4 Å². The molecule has 0 aromatic carbocycles. The summed E-state index contributed by atoms with van der Waals surface area (Å²) in [6.45, 7) is 6.24. The van der Waals surface area contributed by atoms with Crippen LogP contribution < -0.4 is 11.1 Å². The number of nitrogens with one attached hydrogen (secondary N) is 1. The largest absolute Gasteiger partial charge is 0.368 e. The van der Waals surface area contributed by atoms with Gasteiger partial charge in [0, 0.05) is 6.04 Å². The molecular weight excluding hydrogens is 176 g/mol. The van der Waals surface area contributed by atoms with Crippen LogP contribution >= 0.6 is 0 Å². The summed E-state index contributed by atoms with van der Waals surface area (Å²) in [6, 6.07) is 0.172. The second kappa shape index (κ2) is 7.80. The van der Waals surface area contributed by atoms with Gasteiger partial charge in [0.2, 0.25) is 5.91 Å². The first-order valence-electron chi connectivity index (χ1n) is 5.63. The molecule has 0 aliphatic heterocycles. The number of nitrogens with two attached hydrogens (primary N) is 1. The van der Waals surface area contributed by atoms with E-state index in [1.807, 2.05) is 13.8 Å². The van der Waals surface area contributed by atoms with Gasteiger partial charge in [-0.25, -0.2) is 0 Å². The van der Waals surface area contributed by atoms with E-state index in [2.05, 4.69) is 12.2 Å². The summed E-state index contributed by atoms with van der Waals surface area (Å²) >= 11 is 0. The number of carbonyl (C=O) groups is 1. The maximum Gasteiger partial charge on any atom is 0.234 e. The number of unbranched alkanes of at least 4 members (excludes halogenated alkanes) is 3. The van der Waals surface area contributed by atoms with Crippen molar-refractivity contribution in [3.63, 3.8) is 0 Å². The lowest BCUT2D eigenvalue weighted by Gasteiger charge is -2.17. The zero-order valence-corrected chi connectivity index (χ0v) is 9.68. The minimum Gasteiger partial charge on any atom is -0.368 e.